The molecule has 0 radical (unpaired) electrons. The first kappa shape index (κ1) is 19.6. The summed E-state index contributed by atoms with van der Waals surface area (Å²) in [6.07, 6.45) is 5.01. The molecule has 0 saturated carbocycles. The smallest absolute Gasteiger partial charge is 0.262 e. The molecular weight excluding hydrogens is 383 g/mol. The Balaban J connectivity index is 1.44. The summed E-state index contributed by atoms with van der Waals surface area (Å²) in [4.78, 5) is 43.5. The molecule has 1 aromatic carbocycles. The lowest BCUT2D eigenvalue weighted by molar-refractivity contribution is -0.128. The molecule has 9 heteroatoms. The van der Waals surface area contributed by atoms with Gasteiger partial charge >= 0.3 is 0 Å². The highest BCUT2D eigenvalue weighted by molar-refractivity contribution is 7.13. The number of anilines is 1. The van der Waals surface area contributed by atoms with Crippen molar-refractivity contribution in [2.45, 2.75) is 19.4 Å². The quantitative estimate of drug-likeness (QED) is 0.696. The van der Waals surface area contributed by atoms with E-state index < -0.39 is 17.7 Å². The number of amides is 3. The number of nitrogens with zero attached hydrogens (tertiary/aromatic N) is 2. The van der Waals surface area contributed by atoms with E-state index in [-0.39, 0.29) is 18.1 Å². The number of carbonyl (C=O) groups is 3. The van der Waals surface area contributed by atoms with Gasteiger partial charge in [0.1, 0.15) is 11.7 Å². The van der Waals surface area contributed by atoms with Gasteiger partial charge in [0.2, 0.25) is 11.8 Å². The zero-order valence-electron chi connectivity index (χ0n) is 14.7. The van der Waals surface area contributed by atoms with E-state index >= 15 is 0 Å². The Morgan fingerprint density at radius 1 is 1.21 bits per heavy atom. The molecule has 0 bridgehead atoms. The second-order valence-electron chi connectivity index (χ2n) is 6.02. The van der Waals surface area contributed by atoms with Gasteiger partial charge in [-0.3, -0.25) is 14.4 Å². The number of aromatic nitrogens is 1. The van der Waals surface area contributed by atoms with Gasteiger partial charge in [0.15, 0.2) is 5.13 Å². The molecule has 2 N–H and O–H groups in total. The molecule has 3 amide bonds. The van der Waals surface area contributed by atoms with E-state index in [1.165, 1.54) is 35.8 Å². The van der Waals surface area contributed by atoms with E-state index in [1.807, 2.05) is 0 Å². The monoisotopic (exact) mass is 400 g/mol. The predicted molar refractivity (Wildman–Crippen MR) is 103 cm³/mol. The number of dihydropyridines is 1. The van der Waals surface area contributed by atoms with Gasteiger partial charge in [-0.05, 0) is 30.2 Å². The van der Waals surface area contributed by atoms with Crippen LogP contribution in [-0.4, -0.2) is 28.9 Å². The van der Waals surface area contributed by atoms with Gasteiger partial charge in [-0.15, -0.1) is 11.3 Å². The Bertz CT molecular complexity index is 937. The second-order valence-corrected chi connectivity index (χ2v) is 6.87. The number of benzene rings is 1. The molecule has 0 saturated heterocycles. The molecule has 2 heterocycles. The van der Waals surface area contributed by atoms with Crippen LogP contribution in [0.25, 0.3) is 0 Å². The molecule has 2 aromatic rings. The SMILES string of the molecule is O=C(CCc1csc(NC(=O)C2C=CC=NC2=O)n1)NCc1ccc(F)cc1. The van der Waals surface area contributed by atoms with Crippen molar-refractivity contribution in [2.75, 3.05) is 5.32 Å². The highest BCUT2D eigenvalue weighted by Crippen LogP contribution is 2.18. The number of carbonyl (C=O) groups excluding carboxylic acids is 3. The minimum absolute atomic E-state index is 0.154. The van der Waals surface area contributed by atoms with Gasteiger partial charge in [-0.2, -0.15) is 0 Å². The molecule has 0 spiro atoms. The van der Waals surface area contributed by atoms with Crippen LogP contribution in [0.15, 0.2) is 46.8 Å². The van der Waals surface area contributed by atoms with Crippen molar-refractivity contribution in [1.29, 1.82) is 0 Å². The molecule has 0 aliphatic carbocycles. The van der Waals surface area contributed by atoms with Crippen molar-refractivity contribution in [3.05, 3.63) is 58.9 Å². The van der Waals surface area contributed by atoms with Gasteiger partial charge in [0, 0.05) is 24.6 Å². The number of halogens is 1. The van der Waals surface area contributed by atoms with Crippen LogP contribution in [0.2, 0.25) is 0 Å². The summed E-state index contributed by atoms with van der Waals surface area (Å²) < 4.78 is 12.9. The number of hydrogen-bond donors (Lipinski definition) is 2. The summed E-state index contributed by atoms with van der Waals surface area (Å²) in [5, 5.41) is 7.47. The Labute approximate surface area is 164 Å². The third-order valence-electron chi connectivity index (χ3n) is 3.93. The lowest BCUT2D eigenvalue weighted by atomic mass is 10.1. The molecule has 1 aromatic heterocycles. The summed E-state index contributed by atoms with van der Waals surface area (Å²) in [6.45, 7) is 0.322. The maximum atomic E-state index is 12.9. The minimum atomic E-state index is -0.949. The zero-order valence-corrected chi connectivity index (χ0v) is 15.5. The van der Waals surface area contributed by atoms with Crippen LogP contribution in [0.4, 0.5) is 9.52 Å². The van der Waals surface area contributed by atoms with Gasteiger partial charge < -0.3 is 10.6 Å². The second kappa shape index (κ2) is 9.14. The van der Waals surface area contributed by atoms with Crippen LogP contribution < -0.4 is 10.6 Å². The van der Waals surface area contributed by atoms with Crippen molar-refractivity contribution in [3.8, 4) is 0 Å². The highest BCUT2D eigenvalue weighted by atomic mass is 32.1. The highest BCUT2D eigenvalue weighted by Gasteiger charge is 2.25. The lowest BCUT2D eigenvalue weighted by Gasteiger charge is -2.09. The number of hydrogen-bond acceptors (Lipinski definition) is 5. The van der Waals surface area contributed by atoms with Crippen molar-refractivity contribution in [1.82, 2.24) is 10.3 Å². The Morgan fingerprint density at radius 2 is 2.00 bits per heavy atom. The first-order valence-electron chi connectivity index (χ1n) is 8.52. The normalized spacial score (nSPS) is 15.5. The third kappa shape index (κ3) is 5.40. The summed E-state index contributed by atoms with van der Waals surface area (Å²) in [5.74, 6) is -2.43. The minimum Gasteiger partial charge on any atom is -0.352 e. The fourth-order valence-electron chi connectivity index (χ4n) is 2.43. The van der Waals surface area contributed by atoms with Crippen LogP contribution in [-0.2, 0) is 27.3 Å². The molecule has 1 aliphatic heterocycles. The molecule has 1 unspecified atom stereocenters. The van der Waals surface area contributed by atoms with E-state index in [1.54, 1.807) is 23.6 Å². The first-order valence-corrected chi connectivity index (χ1v) is 9.40. The fourth-order valence-corrected chi connectivity index (χ4v) is 3.18. The maximum Gasteiger partial charge on any atom is 0.262 e. The predicted octanol–water partition coefficient (Wildman–Crippen LogP) is 2.25. The van der Waals surface area contributed by atoms with Crippen LogP contribution in [0, 0.1) is 11.7 Å². The van der Waals surface area contributed by atoms with Crippen LogP contribution >= 0.6 is 11.3 Å². The van der Waals surface area contributed by atoms with Gasteiger partial charge in [0.05, 0.1) is 5.69 Å². The van der Waals surface area contributed by atoms with E-state index in [0.29, 0.717) is 23.8 Å². The third-order valence-corrected chi connectivity index (χ3v) is 4.74. The largest absolute Gasteiger partial charge is 0.352 e. The van der Waals surface area contributed by atoms with Crippen LogP contribution in [0.1, 0.15) is 17.7 Å². The van der Waals surface area contributed by atoms with Crippen molar-refractivity contribution in [2.24, 2.45) is 10.9 Å². The summed E-state index contributed by atoms with van der Waals surface area (Å²) in [6, 6.07) is 5.91. The Kier molecular flexibility index (Phi) is 6.38. The Morgan fingerprint density at radius 3 is 2.75 bits per heavy atom. The topological polar surface area (TPSA) is 101 Å². The molecular formula is C19H17FN4O3S. The van der Waals surface area contributed by atoms with Crippen LogP contribution in [0.3, 0.4) is 0 Å². The van der Waals surface area contributed by atoms with E-state index in [0.717, 1.165) is 5.56 Å². The summed E-state index contributed by atoms with van der Waals surface area (Å²) >= 11 is 1.22. The molecule has 1 aliphatic rings. The molecule has 28 heavy (non-hydrogen) atoms. The molecule has 0 fully saturated rings. The number of aliphatic imine (C=N–C) groups is 1. The average Bonchev–Trinajstić information content (AvgIpc) is 3.13. The number of aryl methyl sites for hydroxylation is 1. The van der Waals surface area contributed by atoms with Crippen molar-refractivity contribution in [3.63, 3.8) is 0 Å². The molecule has 7 nitrogen and oxygen atoms in total. The van der Waals surface area contributed by atoms with Gasteiger partial charge in [-0.1, -0.05) is 18.2 Å². The van der Waals surface area contributed by atoms with Gasteiger partial charge in [-0.25, -0.2) is 14.4 Å². The maximum absolute atomic E-state index is 12.9. The number of nitrogens with one attached hydrogen (secondary N) is 2. The van der Waals surface area contributed by atoms with Crippen LogP contribution in [0.5, 0.6) is 0 Å². The molecule has 3 rings (SSSR count). The van der Waals surface area contributed by atoms with Crippen molar-refractivity contribution >= 4 is 40.4 Å². The number of allylic oxidation sites excluding steroid dienone is 1. The van der Waals surface area contributed by atoms with E-state index in [9.17, 15) is 18.8 Å². The Hall–Kier alpha value is -3.20. The summed E-state index contributed by atoms with van der Waals surface area (Å²) in [7, 11) is 0. The average molecular weight is 400 g/mol. The van der Waals surface area contributed by atoms with Crippen molar-refractivity contribution < 1.29 is 18.8 Å². The van der Waals surface area contributed by atoms with E-state index in [2.05, 4.69) is 20.6 Å². The fraction of sp³-hybridized carbons (Fsp3) is 0.211. The molecule has 144 valence electrons. The van der Waals surface area contributed by atoms with E-state index in [4.69, 9.17) is 0 Å². The first-order chi connectivity index (χ1) is 13.5. The summed E-state index contributed by atoms with van der Waals surface area (Å²) in [5.41, 5.74) is 1.48. The standard InChI is InChI=1S/C19H17FN4O3S/c20-13-5-3-12(4-6-13)10-22-16(25)8-7-14-11-28-19(23-14)24-18(27)15-2-1-9-21-17(15)26/h1-6,9,11,15H,7-8,10H2,(H,22,25)(H,23,24,27). The number of rotatable bonds is 7. The van der Waals surface area contributed by atoms with Gasteiger partial charge in [0.25, 0.3) is 5.91 Å². The lowest BCUT2D eigenvalue weighted by Crippen LogP contribution is -2.28. The zero-order chi connectivity index (χ0) is 19.9. The number of thiazole rings is 1. The molecule has 1 atom stereocenters.